The minimum atomic E-state index is -0.598. The van der Waals surface area contributed by atoms with Gasteiger partial charge in [0.2, 0.25) is 0 Å². The third-order valence-corrected chi connectivity index (χ3v) is 3.12. The fourth-order valence-corrected chi connectivity index (χ4v) is 2.01. The van der Waals surface area contributed by atoms with Crippen LogP contribution in [0, 0.1) is 0 Å². The quantitative estimate of drug-likeness (QED) is 0.794. The van der Waals surface area contributed by atoms with Crippen LogP contribution in [0.5, 0.6) is 5.75 Å². The maximum Gasteiger partial charge on any atom is 0.337 e. The highest BCUT2D eigenvalue weighted by Crippen LogP contribution is 2.24. The van der Waals surface area contributed by atoms with Crippen LogP contribution in [0.3, 0.4) is 0 Å². The molecule has 1 N–H and O–H groups in total. The lowest BCUT2D eigenvalue weighted by atomic mass is 10.1. The van der Waals surface area contributed by atoms with E-state index in [4.69, 9.17) is 4.74 Å². The Morgan fingerprint density at radius 3 is 2.80 bits per heavy atom. The predicted octanol–water partition coefficient (Wildman–Crippen LogP) is 0.412. The number of hydrogen-bond donors (Lipinski definition) is 1. The van der Waals surface area contributed by atoms with Gasteiger partial charge in [-0.1, -0.05) is 6.07 Å². The fraction of sp³-hybridized carbons (Fsp3) is 0.429. The molecule has 0 radical (unpaired) electrons. The second kappa shape index (κ2) is 5.92. The number of hydrogen-bond acceptors (Lipinski definition) is 5. The molecular formula is C14H18N2O4. The minimum Gasteiger partial charge on any atom is -0.479 e. The highest BCUT2D eigenvalue weighted by atomic mass is 16.5. The molecular weight excluding hydrogens is 260 g/mol. The lowest BCUT2D eigenvalue weighted by Crippen LogP contribution is -2.42. The van der Waals surface area contributed by atoms with E-state index >= 15 is 0 Å². The summed E-state index contributed by atoms with van der Waals surface area (Å²) in [7, 11) is 4.69. The van der Waals surface area contributed by atoms with Crippen molar-refractivity contribution in [1.29, 1.82) is 0 Å². The van der Waals surface area contributed by atoms with Crippen molar-refractivity contribution in [1.82, 2.24) is 10.2 Å². The van der Waals surface area contributed by atoms with Gasteiger partial charge >= 0.3 is 5.97 Å². The van der Waals surface area contributed by atoms with Crippen LogP contribution < -0.4 is 10.1 Å². The van der Waals surface area contributed by atoms with Gasteiger partial charge < -0.3 is 19.7 Å². The smallest absolute Gasteiger partial charge is 0.337 e. The van der Waals surface area contributed by atoms with Crippen molar-refractivity contribution in [2.24, 2.45) is 0 Å². The summed E-state index contributed by atoms with van der Waals surface area (Å²) in [5, 5.41) is 3.16. The SMILES string of the molecule is COC(=O)c1ccc2c(c1)OC(C(=O)N(C)C)CNC2. The Labute approximate surface area is 117 Å². The number of amides is 1. The van der Waals surface area contributed by atoms with Gasteiger partial charge in [0.25, 0.3) is 5.91 Å². The van der Waals surface area contributed by atoms with Crippen molar-refractivity contribution >= 4 is 11.9 Å². The fourth-order valence-electron chi connectivity index (χ4n) is 2.01. The molecule has 0 saturated heterocycles. The number of fused-ring (bicyclic) bond motifs is 1. The van der Waals surface area contributed by atoms with Crippen LogP contribution in [0.15, 0.2) is 18.2 Å². The van der Waals surface area contributed by atoms with Crippen LogP contribution in [0.4, 0.5) is 0 Å². The molecule has 6 heteroatoms. The van der Waals surface area contributed by atoms with Gasteiger partial charge in [0, 0.05) is 32.7 Å². The van der Waals surface area contributed by atoms with E-state index in [-0.39, 0.29) is 5.91 Å². The number of carbonyl (C=O) groups is 2. The molecule has 1 aliphatic rings. The van der Waals surface area contributed by atoms with E-state index in [9.17, 15) is 9.59 Å². The van der Waals surface area contributed by atoms with Gasteiger partial charge in [-0.05, 0) is 12.1 Å². The average molecular weight is 278 g/mol. The lowest BCUT2D eigenvalue weighted by Gasteiger charge is -2.20. The normalized spacial score (nSPS) is 17.4. The third kappa shape index (κ3) is 2.91. The van der Waals surface area contributed by atoms with Crippen molar-refractivity contribution in [3.05, 3.63) is 29.3 Å². The minimum absolute atomic E-state index is 0.117. The van der Waals surface area contributed by atoms with Crippen LogP contribution in [0.2, 0.25) is 0 Å². The van der Waals surface area contributed by atoms with Gasteiger partial charge in [-0.2, -0.15) is 0 Å². The molecule has 6 nitrogen and oxygen atoms in total. The Hall–Kier alpha value is -2.08. The van der Waals surface area contributed by atoms with E-state index in [1.807, 2.05) is 0 Å². The zero-order valence-electron chi connectivity index (χ0n) is 11.8. The summed E-state index contributed by atoms with van der Waals surface area (Å²) in [6.07, 6.45) is -0.598. The Kier molecular flexibility index (Phi) is 4.24. The first kappa shape index (κ1) is 14.3. The highest BCUT2D eigenvalue weighted by molar-refractivity contribution is 5.90. The van der Waals surface area contributed by atoms with Gasteiger partial charge in [0.1, 0.15) is 5.75 Å². The Bertz CT molecular complexity index is 528. The molecule has 0 aromatic heterocycles. The first-order valence-electron chi connectivity index (χ1n) is 6.32. The number of methoxy groups -OCH3 is 1. The van der Waals surface area contributed by atoms with E-state index in [0.29, 0.717) is 24.4 Å². The lowest BCUT2D eigenvalue weighted by molar-refractivity contribution is -0.135. The van der Waals surface area contributed by atoms with E-state index in [0.717, 1.165) is 5.56 Å². The number of ether oxygens (including phenoxy) is 2. The molecule has 0 saturated carbocycles. The second-order valence-corrected chi connectivity index (χ2v) is 4.78. The number of nitrogens with zero attached hydrogens (tertiary/aromatic N) is 1. The zero-order chi connectivity index (χ0) is 14.7. The number of nitrogens with one attached hydrogen (secondary N) is 1. The second-order valence-electron chi connectivity index (χ2n) is 4.78. The number of rotatable bonds is 2. The largest absolute Gasteiger partial charge is 0.479 e. The monoisotopic (exact) mass is 278 g/mol. The number of carbonyl (C=O) groups excluding carboxylic acids is 2. The summed E-state index contributed by atoms with van der Waals surface area (Å²) >= 11 is 0. The molecule has 1 heterocycles. The molecule has 1 aromatic rings. The maximum atomic E-state index is 12.0. The van der Waals surface area contributed by atoms with Crippen LogP contribution in [0.1, 0.15) is 15.9 Å². The molecule has 1 unspecified atom stereocenters. The number of benzene rings is 1. The molecule has 0 bridgehead atoms. The van der Waals surface area contributed by atoms with E-state index < -0.39 is 12.1 Å². The molecule has 0 spiro atoms. The Morgan fingerprint density at radius 1 is 1.40 bits per heavy atom. The Morgan fingerprint density at radius 2 is 2.15 bits per heavy atom. The van der Waals surface area contributed by atoms with Crippen molar-refractivity contribution in [3.63, 3.8) is 0 Å². The molecule has 20 heavy (non-hydrogen) atoms. The molecule has 0 fully saturated rings. The van der Waals surface area contributed by atoms with Crippen molar-refractivity contribution in [3.8, 4) is 5.75 Å². The van der Waals surface area contributed by atoms with Gasteiger partial charge in [-0.15, -0.1) is 0 Å². The predicted molar refractivity (Wildman–Crippen MR) is 72.6 cm³/mol. The van der Waals surface area contributed by atoms with Gasteiger partial charge in [-0.3, -0.25) is 4.79 Å². The number of likely N-dealkylation sites (N-methyl/N-ethyl adjacent to an activating group) is 1. The molecule has 2 rings (SSSR count). The first-order valence-corrected chi connectivity index (χ1v) is 6.32. The van der Waals surface area contributed by atoms with Crippen LogP contribution in [0.25, 0.3) is 0 Å². The van der Waals surface area contributed by atoms with Gasteiger partial charge in [0.05, 0.1) is 12.7 Å². The third-order valence-electron chi connectivity index (χ3n) is 3.12. The summed E-state index contributed by atoms with van der Waals surface area (Å²) < 4.78 is 10.4. The average Bonchev–Trinajstić information content (AvgIpc) is 2.66. The highest BCUT2D eigenvalue weighted by Gasteiger charge is 2.26. The maximum absolute atomic E-state index is 12.0. The summed E-state index contributed by atoms with van der Waals surface area (Å²) in [5.41, 5.74) is 1.32. The van der Waals surface area contributed by atoms with Crippen molar-refractivity contribution in [2.45, 2.75) is 12.6 Å². The van der Waals surface area contributed by atoms with E-state index in [1.165, 1.54) is 12.0 Å². The van der Waals surface area contributed by atoms with Gasteiger partial charge in [0.15, 0.2) is 6.10 Å². The summed E-state index contributed by atoms with van der Waals surface area (Å²) in [5.74, 6) is -0.00369. The Balaban J connectivity index is 2.28. The standard InChI is InChI=1S/C14H18N2O4/c1-16(2)13(17)12-8-15-7-10-5-4-9(14(18)19-3)6-11(10)20-12/h4-6,12,15H,7-8H2,1-3H3. The summed E-state index contributed by atoms with van der Waals surface area (Å²) in [6.45, 7) is 1.02. The molecule has 0 aliphatic carbocycles. The molecule has 1 aromatic carbocycles. The van der Waals surface area contributed by atoms with Crippen LogP contribution >= 0.6 is 0 Å². The molecule has 1 atom stereocenters. The summed E-state index contributed by atoms with van der Waals surface area (Å²) in [6, 6.07) is 5.10. The summed E-state index contributed by atoms with van der Waals surface area (Å²) in [4.78, 5) is 25.0. The van der Waals surface area contributed by atoms with Gasteiger partial charge in [-0.25, -0.2) is 4.79 Å². The zero-order valence-corrected chi connectivity index (χ0v) is 11.8. The number of esters is 1. The van der Waals surface area contributed by atoms with Crippen molar-refractivity contribution < 1.29 is 19.1 Å². The van der Waals surface area contributed by atoms with E-state index in [2.05, 4.69) is 10.1 Å². The topological polar surface area (TPSA) is 67.9 Å². The van der Waals surface area contributed by atoms with Crippen molar-refractivity contribution in [2.75, 3.05) is 27.7 Å². The van der Waals surface area contributed by atoms with E-state index in [1.54, 1.807) is 32.3 Å². The molecule has 108 valence electrons. The molecule has 1 amide bonds. The first-order chi connectivity index (χ1) is 9.52. The molecule has 1 aliphatic heterocycles. The van der Waals surface area contributed by atoms with Crippen LogP contribution in [-0.4, -0.2) is 50.6 Å². The van der Waals surface area contributed by atoms with Crippen LogP contribution in [-0.2, 0) is 16.1 Å².